The van der Waals surface area contributed by atoms with Crippen molar-refractivity contribution in [2.75, 3.05) is 12.3 Å². The number of nitrogens with one attached hydrogen (secondary N) is 1. The Balaban J connectivity index is 1.84. The van der Waals surface area contributed by atoms with Crippen molar-refractivity contribution in [2.24, 2.45) is 0 Å². The number of benzene rings is 1. The van der Waals surface area contributed by atoms with Gasteiger partial charge < -0.3 is 20.7 Å². The number of aromatic nitrogens is 4. The zero-order chi connectivity index (χ0) is 20.5. The number of aliphatic hydroxyl groups is 2. The Morgan fingerprint density at radius 2 is 2.00 bits per heavy atom. The van der Waals surface area contributed by atoms with Gasteiger partial charge in [-0.2, -0.15) is 10.2 Å². The number of imidazole rings is 1. The lowest BCUT2D eigenvalue weighted by atomic mass is 10.1. The molecule has 5 N–H and O–H groups in total. The van der Waals surface area contributed by atoms with E-state index in [0.29, 0.717) is 11.1 Å². The van der Waals surface area contributed by atoms with Crippen LogP contribution in [0.1, 0.15) is 29.6 Å². The molecular weight excluding hydrogens is 376 g/mol. The summed E-state index contributed by atoms with van der Waals surface area (Å²) in [7, 11) is 0. The van der Waals surface area contributed by atoms with Crippen LogP contribution in [0.25, 0.3) is 11.2 Å². The number of nitrogens with zero attached hydrogens (tertiary/aromatic N) is 4. The standard InChI is InChI=1S/C19H14N6O4/c20-8-11-3-1-10(2-4-11)5-6-14-22-16-17(23-19(21)24-18(16)28)25(14)15-7-12(27)13(9-26)29-15/h1-4,15,26-27H,7,9H2,(H3,21,23,24,28)/t15-/m1/s1. The highest BCUT2D eigenvalue weighted by Crippen LogP contribution is 2.33. The molecule has 144 valence electrons. The minimum atomic E-state index is -0.805. The van der Waals surface area contributed by atoms with Crippen molar-refractivity contribution < 1.29 is 14.9 Å². The molecule has 1 aromatic carbocycles. The number of fused-ring (bicyclic) bond motifs is 1. The maximum Gasteiger partial charge on any atom is 0.280 e. The Labute approximate surface area is 163 Å². The molecule has 3 aromatic rings. The average Bonchev–Trinajstić information content (AvgIpc) is 3.26. The summed E-state index contributed by atoms with van der Waals surface area (Å²) in [6.45, 7) is -0.475. The van der Waals surface area contributed by atoms with Gasteiger partial charge in [0, 0.05) is 5.56 Å². The number of rotatable bonds is 2. The fourth-order valence-corrected chi connectivity index (χ4v) is 2.94. The summed E-state index contributed by atoms with van der Waals surface area (Å²) in [6.07, 6.45) is -0.762. The summed E-state index contributed by atoms with van der Waals surface area (Å²) in [5.41, 5.74) is 6.43. The average molecular weight is 390 g/mol. The van der Waals surface area contributed by atoms with Crippen LogP contribution in [0.3, 0.4) is 0 Å². The van der Waals surface area contributed by atoms with Crippen molar-refractivity contribution in [1.29, 1.82) is 5.26 Å². The number of nitrogens with two attached hydrogens (primary N) is 1. The molecule has 4 rings (SSSR count). The molecule has 1 aliphatic heterocycles. The number of nitrogen functional groups attached to an aromatic ring is 1. The van der Waals surface area contributed by atoms with Crippen LogP contribution in [0.15, 0.2) is 40.6 Å². The van der Waals surface area contributed by atoms with E-state index in [0.717, 1.165) is 0 Å². The molecule has 29 heavy (non-hydrogen) atoms. The molecule has 2 aromatic heterocycles. The number of H-pyrrole nitrogens is 1. The topological polar surface area (TPSA) is 163 Å². The Bertz CT molecular complexity index is 1300. The first kappa shape index (κ1) is 18.1. The Morgan fingerprint density at radius 1 is 1.28 bits per heavy atom. The molecule has 1 atom stereocenters. The number of nitriles is 1. The number of hydrogen-bond donors (Lipinski definition) is 4. The van der Waals surface area contributed by atoms with Crippen LogP contribution in [-0.2, 0) is 4.74 Å². The molecule has 0 unspecified atom stereocenters. The Kier molecular flexibility index (Phi) is 4.39. The van der Waals surface area contributed by atoms with Crippen LogP contribution in [-0.4, -0.2) is 36.3 Å². The summed E-state index contributed by atoms with van der Waals surface area (Å²) in [4.78, 5) is 23.0. The van der Waals surface area contributed by atoms with E-state index >= 15 is 0 Å². The molecule has 0 bridgehead atoms. The summed E-state index contributed by atoms with van der Waals surface area (Å²) in [5.74, 6) is 5.77. The van der Waals surface area contributed by atoms with Gasteiger partial charge in [0.2, 0.25) is 5.95 Å². The van der Waals surface area contributed by atoms with Crippen LogP contribution in [0.2, 0.25) is 0 Å². The van der Waals surface area contributed by atoms with E-state index in [9.17, 15) is 15.0 Å². The molecule has 0 radical (unpaired) electrons. The molecule has 10 heteroatoms. The highest BCUT2D eigenvalue weighted by Gasteiger charge is 2.30. The summed E-state index contributed by atoms with van der Waals surface area (Å²) in [5, 5.41) is 28.2. The number of anilines is 1. The van der Waals surface area contributed by atoms with Gasteiger partial charge in [-0.25, -0.2) is 4.98 Å². The number of aliphatic hydroxyl groups excluding tert-OH is 2. The SMILES string of the molecule is N#Cc1ccc(C#Cc2nc3c(=O)[nH]c(N)nc3n2[C@H]2CC(O)=C(CO)O2)cc1. The zero-order valence-electron chi connectivity index (χ0n) is 14.9. The van der Waals surface area contributed by atoms with Crippen molar-refractivity contribution in [3.05, 3.63) is 63.1 Å². The van der Waals surface area contributed by atoms with Crippen molar-refractivity contribution in [3.63, 3.8) is 0 Å². The van der Waals surface area contributed by atoms with E-state index in [1.165, 1.54) is 4.57 Å². The second kappa shape index (κ2) is 7.03. The molecule has 0 aliphatic carbocycles. The van der Waals surface area contributed by atoms with Crippen molar-refractivity contribution >= 4 is 17.1 Å². The third-order valence-corrected chi connectivity index (χ3v) is 4.30. The lowest BCUT2D eigenvalue weighted by Gasteiger charge is -2.15. The van der Waals surface area contributed by atoms with E-state index in [1.54, 1.807) is 24.3 Å². The molecule has 0 fully saturated rings. The van der Waals surface area contributed by atoms with Crippen LogP contribution in [0.5, 0.6) is 0 Å². The van der Waals surface area contributed by atoms with Crippen LogP contribution >= 0.6 is 0 Å². The minimum Gasteiger partial charge on any atom is -0.508 e. The van der Waals surface area contributed by atoms with Crippen LogP contribution in [0, 0.1) is 23.2 Å². The van der Waals surface area contributed by atoms with Gasteiger partial charge >= 0.3 is 0 Å². The summed E-state index contributed by atoms with van der Waals surface area (Å²) >= 11 is 0. The van der Waals surface area contributed by atoms with Crippen molar-refractivity contribution in [1.82, 2.24) is 19.5 Å². The van der Waals surface area contributed by atoms with Crippen molar-refractivity contribution in [3.8, 4) is 17.9 Å². The predicted molar refractivity (Wildman–Crippen MR) is 101 cm³/mol. The maximum atomic E-state index is 12.2. The Morgan fingerprint density at radius 3 is 2.66 bits per heavy atom. The lowest BCUT2D eigenvalue weighted by Crippen LogP contribution is -2.15. The van der Waals surface area contributed by atoms with Gasteiger partial charge in [0.25, 0.3) is 5.56 Å². The van der Waals surface area contributed by atoms with Gasteiger partial charge in [-0.15, -0.1) is 0 Å². The van der Waals surface area contributed by atoms with Gasteiger partial charge in [0.15, 0.2) is 29.0 Å². The molecular formula is C19H14N6O4. The highest BCUT2D eigenvalue weighted by atomic mass is 16.5. The Hall–Kier alpha value is -4.28. The zero-order valence-corrected chi connectivity index (χ0v) is 14.9. The molecule has 3 heterocycles. The van der Waals surface area contributed by atoms with Gasteiger partial charge in [-0.1, -0.05) is 5.92 Å². The van der Waals surface area contributed by atoms with E-state index in [2.05, 4.69) is 26.8 Å². The molecule has 0 saturated heterocycles. The summed E-state index contributed by atoms with van der Waals surface area (Å²) in [6, 6.07) is 8.67. The normalized spacial score (nSPS) is 15.7. The second-order valence-corrected chi connectivity index (χ2v) is 6.17. The molecule has 0 amide bonds. The van der Waals surface area contributed by atoms with Crippen molar-refractivity contribution in [2.45, 2.75) is 12.6 Å². The largest absolute Gasteiger partial charge is 0.508 e. The van der Waals surface area contributed by atoms with Gasteiger partial charge in [0.1, 0.15) is 12.4 Å². The first-order chi connectivity index (χ1) is 14.0. The van der Waals surface area contributed by atoms with E-state index in [-0.39, 0.29) is 40.9 Å². The highest BCUT2D eigenvalue weighted by molar-refractivity contribution is 5.73. The third-order valence-electron chi connectivity index (χ3n) is 4.30. The van der Waals surface area contributed by atoms with Crippen LogP contribution in [0.4, 0.5) is 5.95 Å². The molecule has 10 nitrogen and oxygen atoms in total. The third kappa shape index (κ3) is 3.25. The van der Waals surface area contributed by atoms with Gasteiger partial charge in [0.05, 0.1) is 18.1 Å². The summed E-state index contributed by atoms with van der Waals surface area (Å²) < 4.78 is 7.04. The smallest absolute Gasteiger partial charge is 0.280 e. The first-order valence-corrected chi connectivity index (χ1v) is 8.48. The monoisotopic (exact) mass is 390 g/mol. The van der Waals surface area contributed by atoms with E-state index in [4.69, 9.17) is 15.7 Å². The van der Waals surface area contributed by atoms with E-state index < -0.39 is 18.4 Å². The molecule has 0 saturated carbocycles. The number of ether oxygens (including phenoxy) is 1. The van der Waals surface area contributed by atoms with Crippen LogP contribution < -0.4 is 11.3 Å². The molecule has 0 spiro atoms. The fourth-order valence-electron chi connectivity index (χ4n) is 2.94. The maximum absolute atomic E-state index is 12.2. The first-order valence-electron chi connectivity index (χ1n) is 8.48. The quantitative estimate of drug-likeness (QED) is 0.463. The fraction of sp³-hybridized carbons (Fsp3) is 0.158. The molecule has 1 aliphatic rings. The second-order valence-electron chi connectivity index (χ2n) is 6.17. The van der Waals surface area contributed by atoms with Gasteiger partial charge in [-0.05, 0) is 30.2 Å². The lowest BCUT2D eigenvalue weighted by molar-refractivity contribution is 0.0650. The van der Waals surface area contributed by atoms with E-state index in [1.807, 2.05) is 6.07 Å². The van der Waals surface area contributed by atoms with Gasteiger partial charge in [-0.3, -0.25) is 14.3 Å². The number of aromatic amines is 1. The predicted octanol–water partition coefficient (Wildman–Crippen LogP) is 0.654. The number of hydrogen-bond acceptors (Lipinski definition) is 8. The minimum absolute atomic E-state index is 0.0175.